The van der Waals surface area contributed by atoms with E-state index in [1.165, 1.54) is 11.1 Å². The van der Waals surface area contributed by atoms with Crippen molar-refractivity contribution in [1.82, 2.24) is 0 Å². The fourth-order valence-electron chi connectivity index (χ4n) is 0.867. The summed E-state index contributed by atoms with van der Waals surface area (Å²) in [5, 5.41) is 4.20. The molecule has 1 aromatic heterocycles. The second kappa shape index (κ2) is 5.55. The minimum Gasteiger partial charge on any atom is -0.152 e. The second-order valence-corrected chi connectivity index (χ2v) is 3.74. The second-order valence-electron chi connectivity index (χ2n) is 2.96. The van der Waals surface area contributed by atoms with Gasteiger partial charge in [0.2, 0.25) is 0 Å². The van der Waals surface area contributed by atoms with Crippen molar-refractivity contribution < 1.29 is 0 Å². The average molecular weight is 190 g/mol. The van der Waals surface area contributed by atoms with Crippen molar-refractivity contribution in [2.75, 3.05) is 0 Å². The van der Waals surface area contributed by atoms with Crippen LogP contribution in [0.1, 0.15) is 11.1 Å². The normalized spacial score (nSPS) is 8.77. The zero-order valence-electron chi connectivity index (χ0n) is 8.03. The SMILES string of the molecule is Cc1ccccc1.Cc1ccsc1. The summed E-state index contributed by atoms with van der Waals surface area (Å²) in [4.78, 5) is 0. The molecule has 0 aliphatic rings. The van der Waals surface area contributed by atoms with Gasteiger partial charge in [0.25, 0.3) is 0 Å². The molecule has 2 rings (SSSR count). The van der Waals surface area contributed by atoms with E-state index in [4.69, 9.17) is 0 Å². The molecule has 0 N–H and O–H groups in total. The zero-order valence-corrected chi connectivity index (χ0v) is 8.84. The fraction of sp³-hybridized carbons (Fsp3) is 0.167. The Morgan fingerprint density at radius 2 is 1.54 bits per heavy atom. The van der Waals surface area contributed by atoms with E-state index < -0.39 is 0 Å². The topological polar surface area (TPSA) is 0 Å². The number of aryl methyl sites for hydroxylation is 2. The van der Waals surface area contributed by atoms with Crippen molar-refractivity contribution in [3.05, 3.63) is 58.3 Å². The molecule has 0 unspecified atom stereocenters. The molecule has 1 aromatic carbocycles. The lowest BCUT2D eigenvalue weighted by atomic mass is 10.2. The van der Waals surface area contributed by atoms with Crippen LogP contribution in [0.3, 0.4) is 0 Å². The van der Waals surface area contributed by atoms with Gasteiger partial charge < -0.3 is 0 Å². The molecule has 0 atom stereocenters. The van der Waals surface area contributed by atoms with E-state index in [2.05, 4.69) is 42.8 Å². The predicted molar refractivity (Wildman–Crippen MR) is 60.2 cm³/mol. The Balaban J connectivity index is 0.000000132. The molecule has 13 heavy (non-hydrogen) atoms. The molecule has 1 heteroatoms. The lowest BCUT2D eigenvalue weighted by Gasteiger charge is -1.82. The van der Waals surface area contributed by atoms with Crippen LogP contribution in [-0.2, 0) is 0 Å². The molecule has 0 radical (unpaired) electrons. The van der Waals surface area contributed by atoms with Gasteiger partial charge in [0.15, 0.2) is 0 Å². The highest BCUT2D eigenvalue weighted by Crippen LogP contribution is 2.01. The van der Waals surface area contributed by atoms with Gasteiger partial charge in [-0.25, -0.2) is 0 Å². The summed E-state index contributed by atoms with van der Waals surface area (Å²) in [6.45, 7) is 4.18. The standard InChI is InChI=1S/C7H8.C5H6S/c1-7-5-3-2-4-6-7;1-5-2-3-6-4-5/h2-6H,1H3;2-4H,1H3. The lowest BCUT2D eigenvalue weighted by Crippen LogP contribution is -1.62. The van der Waals surface area contributed by atoms with Crippen LogP contribution < -0.4 is 0 Å². The maximum absolute atomic E-state index is 2.12. The van der Waals surface area contributed by atoms with Crippen LogP contribution >= 0.6 is 11.3 Å². The summed E-state index contributed by atoms with van der Waals surface area (Å²) < 4.78 is 0. The van der Waals surface area contributed by atoms with Crippen LogP contribution in [0.5, 0.6) is 0 Å². The van der Waals surface area contributed by atoms with Gasteiger partial charge >= 0.3 is 0 Å². The summed E-state index contributed by atoms with van der Waals surface area (Å²) in [6, 6.07) is 12.4. The van der Waals surface area contributed by atoms with E-state index in [0.717, 1.165) is 0 Å². The van der Waals surface area contributed by atoms with Gasteiger partial charge in [0.1, 0.15) is 0 Å². The Hall–Kier alpha value is -1.08. The first-order valence-corrected chi connectivity index (χ1v) is 5.24. The van der Waals surface area contributed by atoms with Crippen LogP contribution in [-0.4, -0.2) is 0 Å². The number of benzene rings is 1. The summed E-state index contributed by atoms with van der Waals surface area (Å²) in [6.07, 6.45) is 0. The van der Waals surface area contributed by atoms with Crippen molar-refractivity contribution in [2.45, 2.75) is 13.8 Å². The Labute approximate surface area is 83.9 Å². The Morgan fingerprint density at radius 1 is 0.846 bits per heavy atom. The number of hydrogen-bond acceptors (Lipinski definition) is 1. The Bertz CT molecular complexity index is 308. The average Bonchev–Trinajstić information content (AvgIpc) is 2.58. The Morgan fingerprint density at radius 3 is 1.77 bits per heavy atom. The third kappa shape index (κ3) is 4.48. The van der Waals surface area contributed by atoms with Gasteiger partial charge in [-0.05, 0) is 36.2 Å². The minimum atomic E-state index is 1.32. The third-order valence-corrected chi connectivity index (χ3v) is 2.40. The molecule has 0 aliphatic carbocycles. The maximum Gasteiger partial charge on any atom is -0.00641 e. The van der Waals surface area contributed by atoms with Crippen LogP contribution in [0, 0.1) is 13.8 Å². The van der Waals surface area contributed by atoms with Gasteiger partial charge in [-0.15, -0.1) is 0 Å². The smallest absolute Gasteiger partial charge is 0.00641 e. The van der Waals surface area contributed by atoms with Crippen LogP contribution in [0.15, 0.2) is 47.2 Å². The highest BCUT2D eigenvalue weighted by atomic mass is 32.1. The highest BCUT2D eigenvalue weighted by Gasteiger charge is 1.74. The van der Waals surface area contributed by atoms with Crippen LogP contribution in [0.25, 0.3) is 0 Å². The van der Waals surface area contributed by atoms with Crippen LogP contribution in [0.4, 0.5) is 0 Å². The monoisotopic (exact) mass is 190 g/mol. The molecular weight excluding hydrogens is 176 g/mol. The molecule has 0 saturated carbocycles. The largest absolute Gasteiger partial charge is 0.152 e. The first-order valence-electron chi connectivity index (χ1n) is 4.29. The quantitative estimate of drug-likeness (QED) is 0.588. The maximum atomic E-state index is 2.12. The molecule has 0 spiro atoms. The van der Waals surface area contributed by atoms with Crippen LogP contribution in [0.2, 0.25) is 0 Å². The van der Waals surface area contributed by atoms with Crippen molar-refractivity contribution in [1.29, 1.82) is 0 Å². The van der Waals surface area contributed by atoms with Gasteiger partial charge in [-0.3, -0.25) is 0 Å². The lowest BCUT2D eigenvalue weighted by molar-refractivity contribution is 1.48. The summed E-state index contributed by atoms with van der Waals surface area (Å²) in [5.74, 6) is 0. The molecule has 0 saturated heterocycles. The summed E-state index contributed by atoms with van der Waals surface area (Å²) in [7, 11) is 0. The van der Waals surface area contributed by atoms with E-state index in [9.17, 15) is 0 Å². The Kier molecular flexibility index (Phi) is 4.27. The third-order valence-electron chi connectivity index (χ3n) is 1.60. The first kappa shape index (κ1) is 10.0. The zero-order chi connectivity index (χ0) is 9.52. The van der Waals surface area contributed by atoms with Gasteiger partial charge in [0.05, 0.1) is 0 Å². The van der Waals surface area contributed by atoms with E-state index in [1.54, 1.807) is 11.3 Å². The fourth-order valence-corrected chi connectivity index (χ4v) is 1.53. The van der Waals surface area contributed by atoms with Gasteiger partial charge in [-0.2, -0.15) is 11.3 Å². The number of hydrogen-bond donors (Lipinski definition) is 0. The van der Waals surface area contributed by atoms with Gasteiger partial charge in [0, 0.05) is 0 Å². The highest BCUT2D eigenvalue weighted by molar-refractivity contribution is 7.07. The van der Waals surface area contributed by atoms with E-state index in [0.29, 0.717) is 0 Å². The predicted octanol–water partition coefficient (Wildman–Crippen LogP) is 4.05. The molecule has 0 nitrogen and oxygen atoms in total. The van der Waals surface area contributed by atoms with E-state index >= 15 is 0 Å². The molecule has 0 aliphatic heterocycles. The molecule has 0 fully saturated rings. The molecule has 2 aromatic rings. The number of rotatable bonds is 0. The molecule has 0 bridgehead atoms. The minimum absolute atomic E-state index is 1.32. The van der Waals surface area contributed by atoms with Crippen molar-refractivity contribution in [2.24, 2.45) is 0 Å². The molecule has 0 amide bonds. The molecule has 68 valence electrons. The number of thiophene rings is 1. The van der Waals surface area contributed by atoms with Crippen molar-refractivity contribution >= 4 is 11.3 Å². The van der Waals surface area contributed by atoms with Gasteiger partial charge in [-0.1, -0.05) is 35.9 Å². The van der Waals surface area contributed by atoms with E-state index in [1.807, 2.05) is 18.2 Å². The summed E-state index contributed by atoms with van der Waals surface area (Å²) in [5.41, 5.74) is 2.68. The molecule has 1 heterocycles. The first-order chi connectivity index (χ1) is 6.29. The van der Waals surface area contributed by atoms with Crippen molar-refractivity contribution in [3.63, 3.8) is 0 Å². The summed E-state index contributed by atoms with van der Waals surface area (Å²) >= 11 is 1.74. The molecular formula is C12H14S. The van der Waals surface area contributed by atoms with Crippen molar-refractivity contribution in [3.8, 4) is 0 Å². The van der Waals surface area contributed by atoms with E-state index in [-0.39, 0.29) is 0 Å².